The number of aliphatic hydroxyl groups excluding tert-OH is 1. The van der Waals surface area contributed by atoms with Crippen molar-refractivity contribution in [3.05, 3.63) is 47.9 Å². The van der Waals surface area contributed by atoms with Crippen molar-refractivity contribution in [3.63, 3.8) is 0 Å². The van der Waals surface area contributed by atoms with Crippen LogP contribution in [0.25, 0.3) is 5.76 Å². The standard InChI is InChI=1S/C11H10O3/c1-13-11-7-6-9(12)8-4-2-3-5-10(8)14-11/h2-7,12H,1H3. The predicted molar refractivity (Wildman–Crippen MR) is 52.8 cm³/mol. The first kappa shape index (κ1) is 8.69. The van der Waals surface area contributed by atoms with Crippen LogP contribution in [0, 0.1) is 0 Å². The van der Waals surface area contributed by atoms with E-state index in [1.54, 1.807) is 24.3 Å². The lowest BCUT2D eigenvalue weighted by Crippen LogP contribution is -1.97. The second-order valence-electron chi connectivity index (χ2n) is 2.84. The molecule has 0 saturated heterocycles. The van der Waals surface area contributed by atoms with Gasteiger partial charge in [-0.3, -0.25) is 0 Å². The second-order valence-corrected chi connectivity index (χ2v) is 2.84. The normalized spacial score (nSPS) is 14.4. The fourth-order valence-corrected chi connectivity index (χ4v) is 1.26. The third kappa shape index (κ3) is 1.44. The maximum atomic E-state index is 9.64. The van der Waals surface area contributed by atoms with E-state index in [2.05, 4.69) is 0 Å². The first-order chi connectivity index (χ1) is 6.81. The van der Waals surface area contributed by atoms with E-state index >= 15 is 0 Å². The van der Waals surface area contributed by atoms with E-state index in [4.69, 9.17) is 9.47 Å². The predicted octanol–water partition coefficient (Wildman–Crippen LogP) is 2.47. The van der Waals surface area contributed by atoms with E-state index in [-0.39, 0.29) is 5.76 Å². The summed E-state index contributed by atoms with van der Waals surface area (Å²) in [4.78, 5) is 0. The highest BCUT2D eigenvalue weighted by Crippen LogP contribution is 2.28. The molecule has 0 aromatic heterocycles. The third-order valence-corrected chi connectivity index (χ3v) is 1.95. The highest BCUT2D eigenvalue weighted by molar-refractivity contribution is 5.66. The molecule has 0 unspecified atom stereocenters. The van der Waals surface area contributed by atoms with E-state index in [1.807, 2.05) is 12.1 Å². The molecule has 72 valence electrons. The van der Waals surface area contributed by atoms with Crippen LogP contribution in [-0.2, 0) is 4.74 Å². The van der Waals surface area contributed by atoms with Crippen molar-refractivity contribution in [1.29, 1.82) is 0 Å². The lowest BCUT2D eigenvalue weighted by molar-refractivity contribution is 0.152. The Morgan fingerprint density at radius 2 is 2.00 bits per heavy atom. The van der Waals surface area contributed by atoms with Gasteiger partial charge >= 0.3 is 0 Å². The van der Waals surface area contributed by atoms with Crippen molar-refractivity contribution in [3.8, 4) is 5.75 Å². The minimum absolute atomic E-state index is 0.174. The second kappa shape index (κ2) is 3.46. The number of methoxy groups -OCH3 is 1. The van der Waals surface area contributed by atoms with Gasteiger partial charge in [-0.25, -0.2) is 0 Å². The molecule has 1 N–H and O–H groups in total. The number of fused-ring (bicyclic) bond motifs is 1. The molecule has 3 heteroatoms. The molecule has 0 radical (unpaired) electrons. The maximum absolute atomic E-state index is 9.64. The molecule has 0 fully saturated rings. The Labute approximate surface area is 81.9 Å². The van der Waals surface area contributed by atoms with E-state index < -0.39 is 0 Å². The minimum atomic E-state index is 0.174. The van der Waals surface area contributed by atoms with Crippen LogP contribution >= 0.6 is 0 Å². The van der Waals surface area contributed by atoms with E-state index in [9.17, 15) is 5.11 Å². The van der Waals surface area contributed by atoms with Crippen LogP contribution in [0.2, 0.25) is 0 Å². The van der Waals surface area contributed by atoms with Crippen molar-refractivity contribution in [2.75, 3.05) is 7.11 Å². The van der Waals surface area contributed by atoms with Gasteiger partial charge in [0, 0.05) is 6.08 Å². The Morgan fingerprint density at radius 3 is 2.79 bits per heavy atom. The smallest absolute Gasteiger partial charge is 0.284 e. The van der Waals surface area contributed by atoms with E-state index in [0.717, 1.165) is 0 Å². The third-order valence-electron chi connectivity index (χ3n) is 1.95. The van der Waals surface area contributed by atoms with Crippen molar-refractivity contribution in [2.24, 2.45) is 0 Å². The first-order valence-electron chi connectivity index (χ1n) is 4.23. The van der Waals surface area contributed by atoms with Crippen LogP contribution in [0.3, 0.4) is 0 Å². The zero-order valence-electron chi connectivity index (χ0n) is 7.73. The zero-order valence-corrected chi connectivity index (χ0v) is 7.73. The van der Waals surface area contributed by atoms with Gasteiger partial charge in [-0.15, -0.1) is 0 Å². The van der Waals surface area contributed by atoms with Crippen molar-refractivity contribution < 1.29 is 14.6 Å². The minimum Gasteiger partial charge on any atom is -0.507 e. The largest absolute Gasteiger partial charge is 0.507 e. The zero-order chi connectivity index (χ0) is 9.97. The Kier molecular flexibility index (Phi) is 2.14. The molecule has 1 aromatic carbocycles. The summed E-state index contributed by atoms with van der Waals surface area (Å²) in [7, 11) is 1.52. The molecule has 0 aliphatic carbocycles. The molecule has 3 nitrogen and oxygen atoms in total. The Hall–Kier alpha value is -1.90. The van der Waals surface area contributed by atoms with Gasteiger partial charge in [0.05, 0.1) is 12.7 Å². The molecular weight excluding hydrogens is 180 g/mol. The van der Waals surface area contributed by atoms with Gasteiger partial charge in [-0.1, -0.05) is 12.1 Å². The number of hydrogen-bond acceptors (Lipinski definition) is 3. The summed E-state index contributed by atoms with van der Waals surface area (Å²) in [6, 6.07) is 7.24. The van der Waals surface area contributed by atoms with E-state index in [1.165, 1.54) is 7.11 Å². The van der Waals surface area contributed by atoms with Gasteiger partial charge in [0.15, 0.2) is 0 Å². The molecule has 0 amide bonds. The quantitative estimate of drug-likeness (QED) is 0.739. The van der Waals surface area contributed by atoms with Gasteiger partial charge < -0.3 is 14.6 Å². The number of benzene rings is 1. The van der Waals surface area contributed by atoms with Gasteiger partial charge in [-0.2, -0.15) is 0 Å². The SMILES string of the molecule is COC1=CC=C(O)c2ccccc2O1. The van der Waals surface area contributed by atoms with Crippen molar-refractivity contribution >= 4 is 5.76 Å². The molecule has 14 heavy (non-hydrogen) atoms. The molecule has 1 aliphatic rings. The van der Waals surface area contributed by atoms with Gasteiger partial charge in [0.25, 0.3) is 5.95 Å². The fraction of sp³-hybridized carbons (Fsp3) is 0.0909. The topological polar surface area (TPSA) is 38.7 Å². The van der Waals surface area contributed by atoms with Gasteiger partial charge in [0.2, 0.25) is 0 Å². The average Bonchev–Trinajstić information content (AvgIpc) is 2.39. The van der Waals surface area contributed by atoms with Gasteiger partial charge in [-0.05, 0) is 18.2 Å². The molecule has 1 heterocycles. The van der Waals surface area contributed by atoms with Crippen LogP contribution < -0.4 is 4.74 Å². The van der Waals surface area contributed by atoms with E-state index in [0.29, 0.717) is 17.3 Å². The number of aliphatic hydroxyl groups is 1. The summed E-state index contributed by atoms with van der Waals surface area (Å²) < 4.78 is 10.4. The molecule has 0 atom stereocenters. The molecule has 0 spiro atoms. The number of rotatable bonds is 1. The first-order valence-corrected chi connectivity index (χ1v) is 4.23. The summed E-state index contributed by atoms with van der Waals surface area (Å²) in [5.41, 5.74) is 0.663. The lowest BCUT2D eigenvalue weighted by Gasteiger charge is -2.08. The molecule has 0 bridgehead atoms. The van der Waals surface area contributed by atoms with Crippen molar-refractivity contribution in [2.45, 2.75) is 0 Å². The number of hydrogen-bond donors (Lipinski definition) is 1. The molecular formula is C11H10O3. The number of allylic oxidation sites excluding steroid dienone is 2. The van der Waals surface area contributed by atoms with Crippen LogP contribution in [0.5, 0.6) is 5.75 Å². The molecule has 1 aromatic rings. The summed E-state index contributed by atoms with van der Waals surface area (Å²) in [6.45, 7) is 0. The van der Waals surface area contributed by atoms with Crippen LogP contribution in [-0.4, -0.2) is 12.2 Å². The highest BCUT2D eigenvalue weighted by atomic mass is 16.7. The Balaban J connectivity index is 2.49. The maximum Gasteiger partial charge on any atom is 0.284 e. The lowest BCUT2D eigenvalue weighted by atomic mass is 10.1. The molecule has 1 aliphatic heterocycles. The monoisotopic (exact) mass is 190 g/mol. The molecule has 0 saturated carbocycles. The summed E-state index contributed by atoms with van der Waals surface area (Å²) in [6.07, 6.45) is 3.12. The van der Waals surface area contributed by atoms with Crippen LogP contribution in [0.4, 0.5) is 0 Å². The Morgan fingerprint density at radius 1 is 1.21 bits per heavy atom. The van der Waals surface area contributed by atoms with Crippen LogP contribution in [0.1, 0.15) is 5.56 Å². The van der Waals surface area contributed by atoms with Gasteiger partial charge in [0.1, 0.15) is 11.5 Å². The highest BCUT2D eigenvalue weighted by Gasteiger charge is 2.12. The fourth-order valence-electron chi connectivity index (χ4n) is 1.26. The van der Waals surface area contributed by atoms with Crippen molar-refractivity contribution in [1.82, 2.24) is 0 Å². The van der Waals surface area contributed by atoms with Crippen LogP contribution in [0.15, 0.2) is 42.4 Å². The average molecular weight is 190 g/mol. The Bertz CT molecular complexity index is 405. The summed E-state index contributed by atoms with van der Waals surface area (Å²) in [5, 5.41) is 9.64. The molecule has 2 rings (SSSR count). The number of ether oxygens (including phenoxy) is 2. The summed E-state index contributed by atoms with van der Waals surface area (Å²) in [5.74, 6) is 1.13. The summed E-state index contributed by atoms with van der Waals surface area (Å²) >= 11 is 0. The number of para-hydroxylation sites is 1.